The standard InChI is InChI=1S/C3H12O5SSi2/c4-10(3-1-2-9)8-11(5,6)7/h4-7,9-10H,1-3H2. The molecule has 0 saturated heterocycles. The number of hydrogen-bond donors (Lipinski definition) is 5. The van der Waals surface area contributed by atoms with Crippen molar-refractivity contribution >= 4 is 31.0 Å². The van der Waals surface area contributed by atoms with Gasteiger partial charge in [0.1, 0.15) is 0 Å². The highest BCUT2D eigenvalue weighted by molar-refractivity contribution is 7.80. The molecule has 68 valence electrons. The highest BCUT2D eigenvalue weighted by atomic mass is 32.1. The molecule has 8 heteroatoms. The minimum atomic E-state index is -4.48. The molecule has 0 aliphatic carbocycles. The third kappa shape index (κ3) is 8.49. The summed E-state index contributed by atoms with van der Waals surface area (Å²) in [4.78, 5) is 34.1. The van der Waals surface area contributed by atoms with E-state index in [0.717, 1.165) is 0 Å². The van der Waals surface area contributed by atoms with Crippen LogP contribution in [0.5, 0.6) is 0 Å². The molecule has 0 saturated carbocycles. The summed E-state index contributed by atoms with van der Waals surface area (Å²) in [6.45, 7) is 0. The van der Waals surface area contributed by atoms with Crippen LogP contribution in [0, 0.1) is 0 Å². The fourth-order valence-electron chi connectivity index (χ4n) is 0.507. The molecule has 0 aromatic rings. The third-order valence-corrected chi connectivity index (χ3v) is 4.47. The maximum absolute atomic E-state index is 8.95. The number of hydrogen-bond acceptors (Lipinski definition) is 6. The molecule has 0 amide bonds. The monoisotopic (exact) mass is 216 g/mol. The lowest BCUT2D eigenvalue weighted by atomic mass is 10.6. The van der Waals surface area contributed by atoms with Gasteiger partial charge >= 0.3 is 18.3 Å². The van der Waals surface area contributed by atoms with E-state index in [0.29, 0.717) is 18.2 Å². The van der Waals surface area contributed by atoms with Gasteiger partial charge in [-0.05, 0) is 18.2 Å². The molecule has 0 aliphatic rings. The van der Waals surface area contributed by atoms with Crippen LogP contribution in [0.2, 0.25) is 6.04 Å². The van der Waals surface area contributed by atoms with E-state index in [1.807, 2.05) is 0 Å². The van der Waals surface area contributed by atoms with Gasteiger partial charge in [-0.1, -0.05) is 0 Å². The van der Waals surface area contributed by atoms with Gasteiger partial charge in [0.15, 0.2) is 0 Å². The Kier molecular flexibility index (Phi) is 5.55. The lowest BCUT2D eigenvalue weighted by Crippen LogP contribution is -2.44. The highest BCUT2D eigenvalue weighted by Gasteiger charge is 2.33. The summed E-state index contributed by atoms with van der Waals surface area (Å²) in [6.07, 6.45) is 0.640. The van der Waals surface area contributed by atoms with E-state index < -0.39 is 18.3 Å². The van der Waals surface area contributed by atoms with Crippen molar-refractivity contribution in [2.24, 2.45) is 0 Å². The molecule has 1 unspecified atom stereocenters. The second-order valence-electron chi connectivity index (χ2n) is 2.01. The Bertz CT molecular complexity index is 106. The van der Waals surface area contributed by atoms with E-state index in [9.17, 15) is 0 Å². The average Bonchev–Trinajstić information content (AvgIpc) is 1.79. The summed E-state index contributed by atoms with van der Waals surface area (Å²) in [5, 5.41) is 0. The molecule has 0 heterocycles. The van der Waals surface area contributed by atoms with E-state index in [-0.39, 0.29) is 0 Å². The zero-order chi connectivity index (χ0) is 8.91. The van der Waals surface area contributed by atoms with Crippen LogP contribution >= 0.6 is 12.6 Å². The summed E-state index contributed by atoms with van der Waals surface area (Å²) >= 11 is 3.89. The Morgan fingerprint density at radius 3 is 2.27 bits per heavy atom. The molecule has 0 bridgehead atoms. The number of thiol groups is 1. The first-order valence-electron chi connectivity index (χ1n) is 3.09. The fourth-order valence-corrected chi connectivity index (χ4v) is 3.52. The van der Waals surface area contributed by atoms with Gasteiger partial charge in [0.2, 0.25) is 0 Å². The molecule has 1 atom stereocenters. The zero-order valence-electron chi connectivity index (χ0n) is 5.84. The van der Waals surface area contributed by atoms with Crippen LogP contribution in [0.25, 0.3) is 0 Å². The van der Waals surface area contributed by atoms with Crippen LogP contribution in [-0.4, -0.2) is 43.3 Å². The quantitative estimate of drug-likeness (QED) is 0.270. The molecule has 0 aromatic heterocycles. The first-order valence-corrected chi connectivity index (χ1v) is 7.28. The van der Waals surface area contributed by atoms with Gasteiger partial charge < -0.3 is 23.3 Å². The van der Waals surface area contributed by atoms with Crippen molar-refractivity contribution < 1.29 is 23.3 Å². The van der Waals surface area contributed by atoms with Crippen molar-refractivity contribution in [2.45, 2.75) is 12.5 Å². The van der Waals surface area contributed by atoms with Crippen LogP contribution in [0.3, 0.4) is 0 Å². The normalized spacial score (nSPS) is 15.0. The smallest absolute Gasteiger partial charge is 0.413 e. The van der Waals surface area contributed by atoms with Crippen molar-refractivity contribution in [2.75, 3.05) is 5.75 Å². The van der Waals surface area contributed by atoms with Gasteiger partial charge in [0.25, 0.3) is 0 Å². The van der Waals surface area contributed by atoms with Crippen molar-refractivity contribution in [3.63, 3.8) is 0 Å². The zero-order valence-corrected chi connectivity index (χ0v) is 8.89. The second kappa shape index (κ2) is 5.27. The summed E-state index contributed by atoms with van der Waals surface area (Å²) in [7, 11) is -7.07. The molecule has 0 fully saturated rings. The van der Waals surface area contributed by atoms with Crippen LogP contribution in [0.15, 0.2) is 0 Å². The molecule has 0 spiro atoms. The van der Waals surface area contributed by atoms with Crippen LogP contribution in [0.4, 0.5) is 0 Å². The van der Waals surface area contributed by atoms with E-state index in [4.69, 9.17) is 19.2 Å². The van der Waals surface area contributed by atoms with Gasteiger partial charge in [-0.25, -0.2) is 0 Å². The maximum Gasteiger partial charge on any atom is 0.662 e. The summed E-state index contributed by atoms with van der Waals surface area (Å²) < 4.78 is 4.21. The van der Waals surface area contributed by atoms with Gasteiger partial charge in [0.05, 0.1) is 0 Å². The Morgan fingerprint density at radius 1 is 1.36 bits per heavy atom. The molecule has 0 aromatic carbocycles. The summed E-state index contributed by atoms with van der Waals surface area (Å²) in [6, 6.07) is 0.361. The topological polar surface area (TPSA) is 90.2 Å². The third-order valence-electron chi connectivity index (χ3n) is 0.903. The van der Waals surface area contributed by atoms with Gasteiger partial charge in [-0.2, -0.15) is 12.6 Å². The van der Waals surface area contributed by atoms with Gasteiger partial charge in [-0.3, -0.25) is 0 Å². The van der Waals surface area contributed by atoms with Crippen LogP contribution in [0.1, 0.15) is 6.42 Å². The van der Waals surface area contributed by atoms with Crippen molar-refractivity contribution in [1.29, 1.82) is 0 Å². The van der Waals surface area contributed by atoms with Crippen molar-refractivity contribution in [1.82, 2.24) is 0 Å². The van der Waals surface area contributed by atoms with Crippen molar-refractivity contribution in [3.05, 3.63) is 0 Å². The van der Waals surface area contributed by atoms with E-state index in [2.05, 4.69) is 16.7 Å². The SMILES string of the molecule is O[SiH](CCCS)O[Si](O)(O)O. The Labute approximate surface area is 73.0 Å². The van der Waals surface area contributed by atoms with Crippen molar-refractivity contribution in [3.8, 4) is 0 Å². The molecule has 4 N–H and O–H groups in total. The molecular weight excluding hydrogens is 204 g/mol. The molecule has 0 aliphatic heterocycles. The van der Waals surface area contributed by atoms with E-state index in [1.54, 1.807) is 0 Å². The predicted molar refractivity (Wildman–Crippen MR) is 46.1 cm³/mol. The highest BCUT2D eigenvalue weighted by Crippen LogP contribution is 2.01. The number of rotatable bonds is 5. The molecule has 0 rings (SSSR count). The van der Waals surface area contributed by atoms with Gasteiger partial charge in [0, 0.05) is 0 Å². The maximum atomic E-state index is 8.95. The molecule has 0 radical (unpaired) electrons. The second-order valence-corrected chi connectivity index (χ2v) is 6.04. The average molecular weight is 216 g/mol. The minimum absolute atomic E-state index is 0.361. The lowest BCUT2D eigenvalue weighted by Gasteiger charge is -2.13. The van der Waals surface area contributed by atoms with E-state index in [1.165, 1.54) is 0 Å². The molecule has 5 nitrogen and oxygen atoms in total. The largest absolute Gasteiger partial charge is 0.662 e. The molecule has 11 heavy (non-hydrogen) atoms. The summed E-state index contributed by atoms with van der Waals surface area (Å²) in [5.41, 5.74) is 0. The Balaban J connectivity index is 3.44. The first-order chi connectivity index (χ1) is 4.95. The Morgan fingerprint density at radius 2 is 1.91 bits per heavy atom. The first kappa shape index (κ1) is 11.6. The minimum Gasteiger partial charge on any atom is -0.413 e. The Hall–Kier alpha value is 0.584. The molecular formula is C3H12O5SSi2. The van der Waals surface area contributed by atoms with Gasteiger partial charge in [-0.15, -0.1) is 0 Å². The fraction of sp³-hybridized carbons (Fsp3) is 1.00. The summed E-state index contributed by atoms with van der Waals surface area (Å²) in [5.74, 6) is 0.601. The van der Waals surface area contributed by atoms with Crippen LogP contribution in [-0.2, 0) is 4.12 Å². The predicted octanol–water partition coefficient (Wildman–Crippen LogP) is -2.05. The van der Waals surface area contributed by atoms with E-state index >= 15 is 0 Å². The lowest BCUT2D eigenvalue weighted by molar-refractivity contribution is 0.116. The van der Waals surface area contributed by atoms with Crippen LogP contribution < -0.4 is 0 Å².